The molecule has 5 N–H and O–H groups in total. The first-order valence-electron chi connectivity index (χ1n) is 9.08. The van der Waals surface area contributed by atoms with Crippen molar-refractivity contribution in [3.8, 4) is 0 Å². The molecule has 0 bridgehead atoms. The summed E-state index contributed by atoms with van der Waals surface area (Å²) in [4.78, 5) is 40.9. The molecule has 1 saturated heterocycles. The van der Waals surface area contributed by atoms with Crippen LogP contribution in [-0.4, -0.2) is 64.4 Å². The summed E-state index contributed by atoms with van der Waals surface area (Å²) in [5, 5.41) is 21.2. The third-order valence-electron chi connectivity index (χ3n) is 4.66. The molecule has 0 radical (unpaired) electrons. The Morgan fingerprint density at radius 3 is 2.68 bits per heavy atom. The topological polar surface area (TPSA) is 180 Å². The third kappa shape index (κ3) is 4.73. The van der Waals surface area contributed by atoms with Gasteiger partial charge in [-0.15, -0.1) is 0 Å². The highest BCUT2D eigenvalue weighted by Crippen LogP contribution is 2.40. The summed E-state index contributed by atoms with van der Waals surface area (Å²) in [5.74, 6) is 0.498. The number of nitrogens with one attached hydrogen (secondary N) is 1. The van der Waals surface area contributed by atoms with E-state index in [0.717, 1.165) is 5.56 Å². The second-order valence-electron chi connectivity index (χ2n) is 6.78. The molecule has 1 aliphatic rings. The average Bonchev–Trinajstić information content (AvgIpc) is 3.24. The molecule has 14 heteroatoms. The van der Waals surface area contributed by atoms with Crippen LogP contribution in [0.2, 0.25) is 0 Å². The lowest BCUT2D eigenvalue weighted by Crippen LogP contribution is -2.33. The number of aliphatic hydroxyl groups is 2. The number of benzene rings is 1. The maximum atomic E-state index is 12.2. The number of H-pyrrole nitrogens is 1. The first-order chi connectivity index (χ1) is 14.7. The minimum Gasteiger partial charge on any atom is -0.387 e. The molecule has 166 valence electrons. The van der Waals surface area contributed by atoms with Gasteiger partial charge in [0.25, 0.3) is 5.56 Å². The SMILES string of the molecule is O=c1[nH]cnc2c1nc(SCc1ccccc1)n2C1O[C@H](COP(=O)(O)O)[C@@H](O)[C@H]1O. The minimum absolute atomic E-state index is 0.0262. The number of thioether (sulfide) groups is 1. The quantitative estimate of drug-likeness (QED) is 0.234. The first-order valence-corrected chi connectivity index (χ1v) is 11.6. The van der Waals surface area contributed by atoms with Crippen molar-refractivity contribution in [2.24, 2.45) is 0 Å². The van der Waals surface area contributed by atoms with Crippen molar-refractivity contribution < 1.29 is 33.8 Å². The molecule has 1 aliphatic heterocycles. The summed E-state index contributed by atoms with van der Waals surface area (Å²) in [7, 11) is -4.80. The molecule has 4 atom stereocenters. The number of phosphoric acid groups is 1. The highest BCUT2D eigenvalue weighted by Gasteiger charge is 2.46. The van der Waals surface area contributed by atoms with E-state index in [9.17, 15) is 19.6 Å². The summed E-state index contributed by atoms with van der Waals surface area (Å²) in [6.45, 7) is -0.647. The van der Waals surface area contributed by atoms with Crippen molar-refractivity contribution >= 4 is 30.7 Å². The standard InChI is InChI=1S/C17H19N4O8PS/c22-12-10(6-28-30(25,26)27)29-16(13(12)23)21-14-11(15(24)19-8-18-14)20-17(21)31-7-9-4-2-1-3-5-9/h1-5,8,10,12-13,16,22-23H,6-7H2,(H,18,19,24)(H2,25,26,27)/t10-,12-,13-,16?/m1/s1. The monoisotopic (exact) mass is 470 g/mol. The number of imidazole rings is 1. The van der Waals surface area contributed by atoms with Crippen LogP contribution >= 0.6 is 19.6 Å². The predicted molar refractivity (Wildman–Crippen MR) is 108 cm³/mol. The average molecular weight is 470 g/mol. The molecule has 12 nitrogen and oxygen atoms in total. The van der Waals surface area contributed by atoms with Crippen LogP contribution in [0.5, 0.6) is 0 Å². The fraction of sp³-hybridized carbons (Fsp3) is 0.353. The smallest absolute Gasteiger partial charge is 0.387 e. The van der Waals surface area contributed by atoms with Gasteiger partial charge in [0.15, 0.2) is 22.5 Å². The van der Waals surface area contributed by atoms with E-state index in [1.165, 1.54) is 22.7 Å². The van der Waals surface area contributed by atoms with Gasteiger partial charge in [0.05, 0.1) is 12.9 Å². The van der Waals surface area contributed by atoms with Crippen LogP contribution < -0.4 is 5.56 Å². The molecule has 1 unspecified atom stereocenters. The van der Waals surface area contributed by atoms with Crippen LogP contribution in [0.15, 0.2) is 46.6 Å². The Morgan fingerprint density at radius 2 is 1.97 bits per heavy atom. The molecule has 2 aromatic heterocycles. The first kappa shape index (κ1) is 22.1. The predicted octanol–water partition coefficient (Wildman–Crippen LogP) is 0.140. The number of hydrogen-bond acceptors (Lipinski definition) is 9. The maximum Gasteiger partial charge on any atom is 0.469 e. The molecule has 3 aromatic rings. The van der Waals surface area contributed by atoms with Gasteiger partial charge in [-0.25, -0.2) is 14.5 Å². The van der Waals surface area contributed by atoms with Gasteiger partial charge < -0.3 is 29.7 Å². The Kier molecular flexibility index (Phi) is 6.28. The zero-order chi connectivity index (χ0) is 22.2. The van der Waals surface area contributed by atoms with Gasteiger partial charge in [-0.1, -0.05) is 42.1 Å². The second-order valence-corrected chi connectivity index (χ2v) is 8.96. The Hall–Kier alpha value is -2.09. The lowest BCUT2D eigenvalue weighted by molar-refractivity contribution is -0.0541. The normalized spacial score (nSPS) is 24.1. The lowest BCUT2D eigenvalue weighted by Gasteiger charge is -2.19. The van der Waals surface area contributed by atoms with Crippen LogP contribution in [0.1, 0.15) is 11.8 Å². The highest BCUT2D eigenvalue weighted by atomic mass is 32.2. The van der Waals surface area contributed by atoms with E-state index in [0.29, 0.717) is 10.9 Å². The van der Waals surface area contributed by atoms with Crippen LogP contribution in [0, 0.1) is 0 Å². The van der Waals surface area contributed by atoms with E-state index < -0.39 is 44.5 Å². The Morgan fingerprint density at radius 1 is 1.23 bits per heavy atom. The number of fused-ring (bicyclic) bond motifs is 1. The van der Waals surface area contributed by atoms with Gasteiger partial charge in [0, 0.05) is 5.75 Å². The highest BCUT2D eigenvalue weighted by molar-refractivity contribution is 7.98. The van der Waals surface area contributed by atoms with E-state index in [2.05, 4.69) is 19.5 Å². The van der Waals surface area contributed by atoms with Crippen molar-refractivity contribution in [3.63, 3.8) is 0 Å². The zero-order valence-corrected chi connectivity index (χ0v) is 17.5. The molecular formula is C17H19N4O8PS. The number of hydrogen-bond donors (Lipinski definition) is 5. The fourth-order valence-electron chi connectivity index (χ4n) is 3.20. The molecule has 1 fully saturated rings. The molecule has 3 heterocycles. The summed E-state index contributed by atoms with van der Waals surface area (Å²) in [6.07, 6.45) is -4.24. The Bertz CT molecular complexity index is 1170. The van der Waals surface area contributed by atoms with Crippen LogP contribution in [0.3, 0.4) is 0 Å². The van der Waals surface area contributed by atoms with Gasteiger partial charge in [-0.2, -0.15) is 0 Å². The van der Waals surface area contributed by atoms with Crippen molar-refractivity contribution in [3.05, 3.63) is 52.6 Å². The van der Waals surface area contributed by atoms with Gasteiger partial charge in [0.1, 0.15) is 18.3 Å². The molecular weight excluding hydrogens is 451 g/mol. The summed E-state index contributed by atoms with van der Waals surface area (Å²) < 4.78 is 22.4. The minimum atomic E-state index is -4.80. The fourth-order valence-corrected chi connectivity index (χ4v) is 4.52. The summed E-state index contributed by atoms with van der Waals surface area (Å²) >= 11 is 1.27. The molecule has 1 aromatic carbocycles. The van der Waals surface area contributed by atoms with Gasteiger partial charge in [-0.05, 0) is 5.56 Å². The number of phosphoric ester groups is 1. The van der Waals surface area contributed by atoms with Crippen LogP contribution in [0.25, 0.3) is 11.2 Å². The van der Waals surface area contributed by atoms with Crippen LogP contribution in [0.4, 0.5) is 0 Å². The number of aromatic amines is 1. The van der Waals surface area contributed by atoms with E-state index in [4.69, 9.17) is 14.5 Å². The van der Waals surface area contributed by atoms with Crippen molar-refractivity contribution in [2.45, 2.75) is 35.4 Å². The lowest BCUT2D eigenvalue weighted by atomic mass is 10.1. The van der Waals surface area contributed by atoms with Crippen molar-refractivity contribution in [1.29, 1.82) is 0 Å². The third-order valence-corrected chi connectivity index (χ3v) is 6.17. The van der Waals surface area contributed by atoms with Crippen molar-refractivity contribution in [1.82, 2.24) is 19.5 Å². The van der Waals surface area contributed by atoms with Gasteiger partial charge in [0.2, 0.25) is 0 Å². The molecule has 0 spiro atoms. The van der Waals surface area contributed by atoms with Crippen LogP contribution in [-0.2, 0) is 19.6 Å². The number of nitrogens with zero attached hydrogens (tertiary/aromatic N) is 3. The van der Waals surface area contributed by atoms with Gasteiger partial charge in [-0.3, -0.25) is 13.9 Å². The molecule has 0 saturated carbocycles. The summed E-state index contributed by atoms with van der Waals surface area (Å²) in [5.41, 5.74) is 0.666. The van der Waals surface area contributed by atoms with Crippen molar-refractivity contribution in [2.75, 3.05) is 6.61 Å². The van der Waals surface area contributed by atoms with E-state index in [1.807, 2.05) is 30.3 Å². The van der Waals surface area contributed by atoms with Gasteiger partial charge >= 0.3 is 7.82 Å². The molecule has 0 aliphatic carbocycles. The van der Waals surface area contributed by atoms with E-state index in [1.54, 1.807) is 0 Å². The second kappa shape index (κ2) is 8.81. The molecule has 4 rings (SSSR count). The maximum absolute atomic E-state index is 12.2. The largest absolute Gasteiger partial charge is 0.469 e. The zero-order valence-electron chi connectivity index (χ0n) is 15.8. The number of ether oxygens (including phenoxy) is 1. The van der Waals surface area contributed by atoms with E-state index in [-0.39, 0.29) is 11.2 Å². The number of aromatic nitrogens is 4. The number of rotatable bonds is 7. The molecule has 31 heavy (non-hydrogen) atoms. The Labute approximate surface area is 179 Å². The summed E-state index contributed by atoms with van der Waals surface area (Å²) in [6, 6.07) is 9.50. The number of aliphatic hydroxyl groups excluding tert-OH is 2. The Balaban J connectivity index is 1.67. The molecule has 0 amide bonds. The van der Waals surface area contributed by atoms with E-state index >= 15 is 0 Å².